The summed E-state index contributed by atoms with van der Waals surface area (Å²) in [6, 6.07) is 0. The number of thiazole rings is 1. The molecule has 0 bridgehead atoms. The van der Waals surface area contributed by atoms with Crippen molar-refractivity contribution in [2.45, 2.75) is 32.6 Å². The Labute approximate surface area is 139 Å². The Balaban J connectivity index is 1.81. The predicted molar refractivity (Wildman–Crippen MR) is 88.1 cm³/mol. The number of amides is 2. The molecule has 0 aliphatic carbocycles. The Morgan fingerprint density at radius 2 is 2.09 bits per heavy atom. The molecule has 0 spiro atoms. The SMILES string of the molecule is CC1CN(Cc2csc(NC(=O)CNC(=O)CN)n2)CC(C)O1. The second-order valence-corrected chi connectivity index (χ2v) is 6.48. The van der Waals surface area contributed by atoms with E-state index in [2.05, 4.69) is 34.4 Å². The summed E-state index contributed by atoms with van der Waals surface area (Å²) in [7, 11) is 0. The first kappa shape index (κ1) is 17.8. The lowest BCUT2D eigenvalue weighted by Crippen LogP contribution is -2.44. The van der Waals surface area contributed by atoms with Gasteiger partial charge in [0.05, 0.1) is 31.0 Å². The molecule has 23 heavy (non-hydrogen) atoms. The van der Waals surface area contributed by atoms with Crippen molar-refractivity contribution < 1.29 is 14.3 Å². The van der Waals surface area contributed by atoms with Crippen LogP contribution < -0.4 is 16.4 Å². The topological polar surface area (TPSA) is 110 Å². The molecule has 1 aliphatic heterocycles. The number of nitrogens with one attached hydrogen (secondary N) is 2. The molecule has 2 atom stereocenters. The highest BCUT2D eigenvalue weighted by Gasteiger charge is 2.22. The maximum absolute atomic E-state index is 11.7. The molecule has 0 saturated carbocycles. The van der Waals surface area contributed by atoms with Gasteiger partial charge in [0.25, 0.3) is 0 Å². The van der Waals surface area contributed by atoms with Gasteiger partial charge >= 0.3 is 0 Å². The first-order valence-corrected chi connectivity index (χ1v) is 8.43. The zero-order valence-corrected chi connectivity index (χ0v) is 14.2. The van der Waals surface area contributed by atoms with Gasteiger partial charge < -0.3 is 21.1 Å². The monoisotopic (exact) mass is 341 g/mol. The lowest BCUT2D eigenvalue weighted by molar-refractivity contribution is -0.123. The van der Waals surface area contributed by atoms with Crippen LogP contribution in [-0.2, 0) is 20.9 Å². The van der Waals surface area contributed by atoms with E-state index in [1.807, 2.05) is 5.38 Å². The van der Waals surface area contributed by atoms with E-state index in [1.54, 1.807) is 0 Å². The second-order valence-electron chi connectivity index (χ2n) is 5.62. The summed E-state index contributed by atoms with van der Waals surface area (Å²) in [5.41, 5.74) is 6.07. The number of nitrogens with zero attached hydrogens (tertiary/aromatic N) is 2. The fraction of sp³-hybridized carbons (Fsp3) is 0.643. The number of hydrogen-bond acceptors (Lipinski definition) is 7. The summed E-state index contributed by atoms with van der Waals surface area (Å²) in [6.07, 6.45) is 0.422. The summed E-state index contributed by atoms with van der Waals surface area (Å²) in [5, 5.41) is 7.54. The Morgan fingerprint density at radius 1 is 1.39 bits per heavy atom. The third-order valence-electron chi connectivity index (χ3n) is 3.31. The summed E-state index contributed by atoms with van der Waals surface area (Å²) >= 11 is 1.37. The molecular formula is C14H23N5O3S. The van der Waals surface area contributed by atoms with Crippen molar-refractivity contribution in [3.63, 3.8) is 0 Å². The highest BCUT2D eigenvalue weighted by molar-refractivity contribution is 7.13. The molecule has 1 aromatic rings. The van der Waals surface area contributed by atoms with Crippen molar-refractivity contribution in [1.82, 2.24) is 15.2 Å². The fourth-order valence-electron chi connectivity index (χ4n) is 2.49. The van der Waals surface area contributed by atoms with Gasteiger partial charge in [0.15, 0.2) is 5.13 Å². The van der Waals surface area contributed by atoms with Crippen LogP contribution in [0.2, 0.25) is 0 Å². The Morgan fingerprint density at radius 3 is 2.74 bits per heavy atom. The molecule has 8 nitrogen and oxygen atoms in total. The van der Waals surface area contributed by atoms with Crippen LogP contribution in [0.4, 0.5) is 5.13 Å². The third-order valence-corrected chi connectivity index (χ3v) is 4.12. The first-order chi connectivity index (χ1) is 11.0. The van der Waals surface area contributed by atoms with E-state index < -0.39 is 0 Å². The number of hydrogen-bond donors (Lipinski definition) is 3. The average molecular weight is 341 g/mol. The molecule has 9 heteroatoms. The molecule has 2 unspecified atom stereocenters. The predicted octanol–water partition coefficient (Wildman–Crippen LogP) is -0.234. The van der Waals surface area contributed by atoms with Crippen molar-refractivity contribution in [1.29, 1.82) is 0 Å². The van der Waals surface area contributed by atoms with E-state index >= 15 is 0 Å². The van der Waals surface area contributed by atoms with Crippen LogP contribution in [-0.4, -0.2) is 60.1 Å². The van der Waals surface area contributed by atoms with Crippen LogP contribution in [0.15, 0.2) is 5.38 Å². The minimum absolute atomic E-state index is 0.108. The normalized spacial score (nSPS) is 21.9. The first-order valence-electron chi connectivity index (χ1n) is 7.55. The molecule has 0 radical (unpaired) electrons. The number of aromatic nitrogens is 1. The molecule has 1 saturated heterocycles. The van der Waals surface area contributed by atoms with Gasteiger partial charge in [-0.25, -0.2) is 4.98 Å². The molecular weight excluding hydrogens is 318 g/mol. The van der Waals surface area contributed by atoms with Gasteiger partial charge in [-0.15, -0.1) is 11.3 Å². The Kier molecular flexibility index (Phi) is 6.46. The third kappa shape index (κ3) is 5.87. The number of nitrogens with two attached hydrogens (primary N) is 1. The standard InChI is InChI=1S/C14H23N5O3S/c1-9-5-19(6-10(2)22-9)7-11-8-23-14(17-11)18-13(21)4-16-12(20)3-15/h8-10H,3-7,15H2,1-2H3,(H,16,20)(H,17,18,21). The number of ether oxygens (including phenoxy) is 1. The molecule has 2 heterocycles. The maximum Gasteiger partial charge on any atom is 0.245 e. The summed E-state index contributed by atoms with van der Waals surface area (Å²) in [4.78, 5) is 29.4. The van der Waals surface area contributed by atoms with Gasteiger partial charge in [0, 0.05) is 25.0 Å². The van der Waals surface area contributed by atoms with Crippen molar-refractivity contribution in [2.24, 2.45) is 5.73 Å². The van der Waals surface area contributed by atoms with Gasteiger partial charge in [0.1, 0.15) is 0 Å². The largest absolute Gasteiger partial charge is 0.373 e. The summed E-state index contributed by atoms with van der Waals surface area (Å²) < 4.78 is 5.71. The molecule has 1 aromatic heterocycles. The van der Waals surface area contributed by atoms with Gasteiger partial charge in [-0.05, 0) is 13.8 Å². The number of anilines is 1. The molecule has 1 aliphatic rings. The van der Waals surface area contributed by atoms with Crippen molar-refractivity contribution in [3.05, 3.63) is 11.1 Å². The van der Waals surface area contributed by atoms with E-state index in [-0.39, 0.29) is 37.1 Å². The minimum atomic E-state index is -0.365. The van der Waals surface area contributed by atoms with Crippen molar-refractivity contribution in [3.8, 4) is 0 Å². The average Bonchev–Trinajstić information content (AvgIpc) is 2.90. The van der Waals surface area contributed by atoms with Crippen LogP contribution in [0.1, 0.15) is 19.5 Å². The van der Waals surface area contributed by atoms with Crippen molar-refractivity contribution in [2.75, 3.05) is 31.5 Å². The number of morpholine rings is 1. The lowest BCUT2D eigenvalue weighted by atomic mass is 10.2. The minimum Gasteiger partial charge on any atom is -0.373 e. The number of carbonyl (C=O) groups excluding carboxylic acids is 2. The van der Waals surface area contributed by atoms with E-state index in [4.69, 9.17) is 10.5 Å². The molecule has 2 amide bonds. The Bertz CT molecular complexity index is 540. The smallest absolute Gasteiger partial charge is 0.245 e. The van der Waals surface area contributed by atoms with Crippen molar-refractivity contribution >= 4 is 28.3 Å². The van der Waals surface area contributed by atoms with Gasteiger partial charge in [-0.3, -0.25) is 14.5 Å². The van der Waals surface area contributed by atoms with Gasteiger partial charge in [0.2, 0.25) is 11.8 Å². The second kappa shape index (κ2) is 8.34. The van der Waals surface area contributed by atoms with Gasteiger partial charge in [-0.1, -0.05) is 0 Å². The molecule has 4 N–H and O–H groups in total. The molecule has 2 rings (SSSR count). The van der Waals surface area contributed by atoms with Gasteiger partial charge in [-0.2, -0.15) is 0 Å². The fourth-order valence-corrected chi connectivity index (χ4v) is 3.21. The van der Waals surface area contributed by atoms with Crippen LogP contribution >= 0.6 is 11.3 Å². The number of rotatable bonds is 6. The van der Waals surface area contributed by atoms with Crippen LogP contribution in [0, 0.1) is 0 Å². The maximum atomic E-state index is 11.7. The highest BCUT2D eigenvalue weighted by atomic mass is 32.1. The molecule has 0 aromatic carbocycles. The van der Waals surface area contributed by atoms with Crippen LogP contribution in [0.25, 0.3) is 0 Å². The molecule has 128 valence electrons. The summed E-state index contributed by atoms with van der Waals surface area (Å²) in [6.45, 7) is 6.35. The van der Waals surface area contributed by atoms with E-state index in [9.17, 15) is 9.59 Å². The zero-order chi connectivity index (χ0) is 16.8. The van der Waals surface area contributed by atoms with E-state index in [1.165, 1.54) is 11.3 Å². The molecule has 1 fully saturated rings. The lowest BCUT2D eigenvalue weighted by Gasteiger charge is -2.34. The van der Waals surface area contributed by atoms with E-state index in [0.29, 0.717) is 5.13 Å². The number of carbonyl (C=O) groups is 2. The van der Waals surface area contributed by atoms with E-state index in [0.717, 1.165) is 25.3 Å². The van der Waals surface area contributed by atoms with Crippen LogP contribution in [0.3, 0.4) is 0 Å². The van der Waals surface area contributed by atoms with Crippen LogP contribution in [0.5, 0.6) is 0 Å². The summed E-state index contributed by atoms with van der Waals surface area (Å²) in [5.74, 6) is -0.683. The Hall–Kier alpha value is -1.55. The zero-order valence-electron chi connectivity index (χ0n) is 13.4. The quantitative estimate of drug-likeness (QED) is 0.659. The highest BCUT2D eigenvalue weighted by Crippen LogP contribution is 2.19.